The first-order chi connectivity index (χ1) is 5.34. The standard InChI is InChI=1S/C8H13NOS/c1-2-3-7(9)8-6-11-5-4-10-8/h1,7-8H,3-6,9H2. The zero-order chi connectivity index (χ0) is 8.10. The number of rotatable bonds is 2. The average Bonchev–Trinajstić information content (AvgIpc) is 2.07. The third kappa shape index (κ3) is 2.74. The normalized spacial score (nSPS) is 27.5. The Balaban J connectivity index is 2.27. The molecule has 2 unspecified atom stereocenters. The summed E-state index contributed by atoms with van der Waals surface area (Å²) >= 11 is 1.88. The minimum Gasteiger partial charge on any atom is -0.375 e. The first-order valence-electron chi connectivity index (χ1n) is 3.73. The molecule has 2 nitrogen and oxygen atoms in total. The smallest absolute Gasteiger partial charge is 0.0825 e. The Morgan fingerprint density at radius 1 is 1.82 bits per heavy atom. The van der Waals surface area contributed by atoms with E-state index in [1.165, 1.54) is 0 Å². The molecule has 1 fully saturated rings. The van der Waals surface area contributed by atoms with Gasteiger partial charge in [0.05, 0.1) is 12.7 Å². The summed E-state index contributed by atoms with van der Waals surface area (Å²) < 4.78 is 5.45. The van der Waals surface area contributed by atoms with Crippen molar-refractivity contribution in [2.45, 2.75) is 18.6 Å². The molecule has 0 saturated carbocycles. The minimum atomic E-state index is 0.0211. The lowest BCUT2D eigenvalue weighted by Gasteiger charge is -2.26. The summed E-state index contributed by atoms with van der Waals surface area (Å²) in [5.41, 5.74) is 5.78. The van der Waals surface area contributed by atoms with Crippen molar-refractivity contribution in [2.24, 2.45) is 5.73 Å². The maximum absolute atomic E-state index is 5.78. The average molecular weight is 171 g/mol. The van der Waals surface area contributed by atoms with Gasteiger partial charge in [-0.25, -0.2) is 0 Å². The topological polar surface area (TPSA) is 35.2 Å². The molecule has 0 bridgehead atoms. The van der Waals surface area contributed by atoms with E-state index in [9.17, 15) is 0 Å². The Morgan fingerprint density at radius 3 is 3.18 bits per heavy atom. The molecule has 1 heterocycles. The minimum absolute atomic E-state index is 0.0211. The third-order valence-corrected chi connectivity index (χ3v) is 2.69. The molecule has 0 aromatic heterocycles. The molecular weight excluding hydrogens is 158 g/mol. The van der Waals surface area contributed by atoms with Crippen molar-refractivity contribution >= 4 is 11.8 Å². The van der Waals surface area contributed by atoms with Gasteiger partial charge in [0.25, 0.3) is 0 Å². The summed E-state index contributed by atoms with van der Waals surface area (Å²) in [7, 11) is 0. The molecule has 0 spiro atoms. The Kier molecular flexibility index (Phi) is 3.78. The Morgan fingerprint density at radius 2 is 2.64 bits per heavy atom. The van der Waals surface area contributed by atoms with E-state index in [0.29, 0.717) is 6.42 Å². The summed E-state index contributed by atoms with van der Waals surface area (Å²) in [5.74, 6) is 4.62. The molecule has 0 amide bonds. The molecule has 0 radical (unpaired) electrons. The van der Waals surface area contributed by atoms with E-state index in [2.05, 4.69) is 5.92 Å². The molecule has 1 rings (SSSR count). The van der Waals surface area contributed by atoms with Crippen molar-refractivity contribution < 1.29 is 4.74 Å². The van der Waals surface area contributed by atoms with Gasteiger partial charge in [0.15, 0.2) is 0 Å². The van der Waals surface area contributed by atoms with E-state index in [4.69, 9.17) is 16.9 Å². The highest BCUT2D eigenvalue weighted by Crippen LogP contribution is 2.15. The molecule has 3 heteroatoms. The fourth-order valence-electron chi connectivity index (χ4n) is 1.02. The van der Waals surface area contributed by atoms with Crippen LogP contribution < -0.4 is 5.73 Å². The van der Waals surface area contributed by atoms with Crippen molar-refractivity contribution in [3.63, 3.8) is 0 Å². The fourth-order valence-corrected chi connectivity index (χ4v) is 1.98. The van der Waals surface area contributed by atoms with E-state index in [1.54, 1.807) is 0 Å². The number of nitrogens with two attached hydrogens (primary N) is 1. The van der Waals surface area contributed by atoms with E-state index in [1.807, 2.05) is 11.8 Å². The second-order valence-corrected chi connectivity index (χ2v) is 3.71. The molecule has 2 N–H and O–H groups in total. The molecular formula is C8H13NOS. The molecule has 2 atom stereocenters. The first kappa shape index (κ1) is 8.92. The van der Waals surface area contributed by atoms with Gasteiger partial charge >= 0.3 is 0 Å². The van der Waals surface area contributed by atoms with Crippen molar-refractivity contribution in [3.8, 4) is 12.3 Å². The van der Waals surface area contributed by atoms with Gasteiger partial charge < -0.3 is 10.5 Å². The summed E-state index contributed by atoms with van der Waals surface area (Å²) in [6, 6.07) is 0.0211. The van der Waals surface area contributed by atoms with Crippen LogP contribution in [-0.2, 0) is 4.74 Å². The number of thioether (sulfide) groups is 1. The lowest BCUT2D eigenvalue weighted by Crippen LogP contribution is -2.40. The van der Waals surface area contributed by atoms with Crippen LogP contribution >= 0.6 is 11.8 Å². The van der Waals surface area contributed by atoms with Crippen LogP contribution in [0.2, 0.25) is 0 Å². The van der Waals surface area contributed by atoms with Crippen molar-refractivity contribution in [2.75, 3.05) is 18.1 Å². The van der Waals surface area contributed by atoms with E-state index < -0.39 is 0 Å². The van der Waals surface area contributed by atoms with Gasteiger partial charge in [0.2, 0.25) is 0 Å². The van der Waals surface area contributed by atoms with Gasteiger partial charge in [-0.05, 0) is 0 Å². The molecule has 1 aliphatic rings. The SMILES string of the molecule is C#CCC(N)C1CSCCO1. The highest BCUT2D eigenvalue weighted by atomic mass is 32.2. The van der Waals surface area contributed by atoms with Crippen LogP contribution in [0.4, 0.5) is 0 Å². The van der Waals surface area contributed by atoms with Crippen LogP contribution in [0, 0.1) is 12.3 Å². The van der Waals surface area contributed by atoms with Crippen LogP contribution in [0.3, 0.4) is 0 Å². The molecule has 11 heavy (non-hydrogen) atoms. The van der Waals surface area contributed by atoms with Crippen LogP contribution in [0.1, 0.15) is 6.42 Å². The maximum atomic E-state index is 5.78. The summed E-state index contributed by atoms with van der Waals surface area (Å²) in [5, 5.41) is 0. The quantitative estimate of drug-likeness (QED) is 0.613. The summed E-state index contributed by atoms with van der Waals surface area (Å²) in [4.78, 5) is 0. The van der Waals surface area contributed by atoms with Gasteiger partial charge in [-0.15, -0.1) is 12.3 Å². The van der Waals surface area contributed by atoms with Gasteiger partial charge in [-0.1, -0.05) is 0 Å². The number of ether oxygens (including phenoxy) is 1. The van der Waals surface area contributed by atoms with Crippen molar-refractivity contribution in [1.82, 2.24) is 0 Å². The highest BCUT2D eigenvalue weighted by molar-refractivity contribution is 7.99. The zero-order valence-electron chi connectivity index (χ0n) is 6.45. The predicted octanol–water partition coefficient (Wildman–Crippen LogP) is 0.469. The summed E-state index contributed by atoms with van der Waals surface area (Å²) in [6.07, 6.45) is 5.93. The fraction of sp³-hybridized carbons (Fsp3) is 0.750. The second kappa shape index (κ2) is 4.66. The predicted molar refractivity (Wildman–Crippen MR) is 48.5 cm³/mol. The van der Waals surface area contributed by atoms with Crippen LogP contribution in [0.25, 0.3) is 0 Å². The van der Waals surface area contributed by atoms with Crippen LogP contribution in [0.15, 0.2) is 0 Å². The van der Waals surface area contributed by atoms with Gasteiger partial charge in [0.1, 0.15) is 0 Å². The molecule has 62 valence electrons. The van der Waals surface area contributed by atoms with E-state index >= 15 is 0 Å². The molecule has 0 aromatic carbocycles. The van der Waals surface area contributed by atoms with Crippen LogP contribution in [0.5, 0.6) is 0 Å². The number of terminal acetylenes is 1. The van der Waals surface area contributed by atoms with Gasteiger partial charge in [-0.2, -0.15) is 11.8 Å². The summed E-state index contributed by atoms with van der Waals surface area (Å²) in [6.45, 7) is 0.813. The van der Waals surface area contributed by atoms with E-state index in [0.717, 1.165) is 18.1 Å². The lowest BCUT2D eigenvalue weighted by atomic mass is 10.1. The first-order valence-corrected chi connectivity index (χ1v) is 4.88. The Hall–Kier alpha value is -0.170. The monoisotopic (exact) mass is 171 g/mol. The van der Waals surface area contributed by atoms with Crippen molar-refractivity contribution in [3.05, 3.63) is 0 Å². The van der Waals surface area contributed by atoms with Crippen molar-refractivity contribution in [1.29, 1.82) is 0 Å². The molecule has 1 aliphatic heterocycles. The van der Waals surface area contributed by atoms with Crippen LogP contribution in [-0.4, -0.2) is 30.3 Å². The molecule has 0 aromatic rings. The highest BCUT2D eigenvalue weighted by Gasteiger charge is 2.20. The Labute approximate surface area is 71.9 Å². The van der Waals surface area contributed by atoms with E-state index in [-0.39, 0.29) is 12.1 Å². The maximum Gasteiger partial charge on any atom is 0.0825 e. The van der Waals surface area contributed by atoms with Gasteiger partial charge in [0, 0.05) is 24.0 Å². The zero-order valence-corrected chi connectivity index (χ0v) is 7.27. The second-order valence-electron chi connectivity index (χ2n) is 2.56. The molecule has 1 saturated heterocycles. The third-order valence-electron chi connectivity index (χ3n) is 1.67. The Bertz CT molecular complexity index is 149. The largest absolute Gasteiger partial charge is 0.375 e. The lowest BCUT2D eigenvalue weighted by molar-refractivity contribution is 0.0583. The van der Waals surface area contributed by atoms with Gasteiger partial charge in [-0.3, -0.25) is 0 Å². The number of hydrogen-bond donors (Lipinski definition) is 1. The molecule has 0 aliphatic carbocycles. The number of hydrogen-bond acceptors (Lipinski definition) is 3.